The number of anilines is 1. The number of aliphatic carboxylic acids is 1. The van der Waals surface area contributed by atoms with Gasteiger partial charge in [0, 0.05) is 17.8 Å². The number of nitrogens with zero attached hydrogens (tertiary/aromatic N) is 3. The van der Waals surface area contributed by atoms with Gasteiger partial charge in [-0.3, -0.25) is 14.5 Å². The van der Waals surface area contributed by atoms with Gasteiger partial charge in [-0.25, -0.2) is 4.79 Å². The van der Waals surface area contributed by atoms with E-state index in [0.717, 1.165) is 17.0 Å². The number of ketones is 1. The highest BCUT2D eigenvalue weighted by Crippen LogP contribution is 2.42. The molecule has 0 radical (unpaired) electrons. The Hall–Kier alpha value is -4.91. The number of alkyl halides is 3. The molecule has 1 aliphatic heterocycles. The van der Waals surface area contributed by atoms with Crippen molar-refractivity contribution in [1.82, 2.24) is 4.90 Å². The summed E-state index contributed by atoms with van der Waals surface area (Å²) in [6.45, 7) is 6.70. The van der Waals surface area contributed by atoms with E-state index in [1.807, 2.05) is 19.9 Å². The molecule has 1 heterocycles. The minimum atomic E-state index is -4.65. The van der Waals surface area contributed by atoms with Crippen LogP contribution in [0.15, 0.2) is 84.1 Å². The van der Waals surface area contributed by atoms with E-state index >= 15 is 0 Å². The number of nitriles is 1. The summed E-state index contributed by atoms with van der Waals surface area (Å²) in [7, 11) is 0. The van der Waals surface area contributed by atoms with Gasteiger partial charge in [0.2, 0.25) is 0 Å². The first-order valence-corrected chi connectivity index (χ1v) is 14.0. The van der Waals surface area contributed by atoms with Crippen LogP contribution in [0, 0.1) is 17.2 Å². The molecule has 0 fully saturated rings. The van der Waals surface area contributed by atoms with E-state index in [1.165, 1.54) is 30.9 Å². The summed E-state index contributed by atoms with van der Waals surface area (Å²) in [5, 5.41) is 19.1. The van der Waals surface area contributed by atoms with Gasteiger partial charge >= 0.3 is 18.2 Å². The third-order valence-corrected chi connectivity index (χ3v) is 7.65. The highest BCUT2D eigenvalue weighted by atomic mass is 19.4. The standard InChI is InChI=1S/C34H32F3N3O4/c1-20(2)16-29(32(42)43)25-12-10-24(11-13-25)19-39-31(26-14-8-23(18-38)9-15-26)30(22(4)41)21(3)40(33(39)44)28-7-5-6-27(17-28)34(35,36)37/h5-15,17,20,29,31H,16,19H2,1-4H3,(H,42,43). The monoisotopic (exact) mass is 603 g/mol. The molecule has 7 nitrogen and oxygen atoms in total. The first kappa shape index (κ1) is 32.0. The first-order valence-electron chi connectivity index (χ1n) is 14.0. The quantitative estimate of drug-likeness (QED) is 0.269. The number of rotatable bonds is 9. The predicted octanol–water partition coefficient (Wildman–Crippen LogP) is 7.84. The second-order valence-electron chi connectivity index (χ2n) is 11.2. The second-order valence-corrected chi connectivity index (χ2v) is 11.2. The minimum Gasteiger partial charge on any atom is -0.481 e. The number of hydrogen-bond acceptors (Lipinski definition) is 4. The summed E-state index contributed by atoms with van der Waals surface area (Å²) in [6, 6.07) is 18.1. The van der Waals surface area contributed by atoms with E-state index in [9.17, 15) is 37.9 Å². The van der Waals surface area contributed by atoms with Crippen LogP contribution < -0.4 is 4.90 Å². The molecule has 4 rings (SSSR count). The number of carbonyl (C=O) groups is 3. The molecule has 0 aliphatic carbocycles. The molecular weight excluding hydrogens is 571 g/mol. The topological polar surface area (TPSA) is 102 Å². The smallest absolute Gasteiger partial charge is 0.416 e. The van der Waals surface area contributed by atoms with E-state index in [0.29, 0.717) is 28.7 Å². The molecule has 1 aliphatic rings. The largest absolute Gasteiger partial charge is 0.481 e. The zero-order valence-electron chi connectivity index (χ0n) is 24.7. The molecule has 3 aromatic rings. The molecule has 0 aromatic heterocycles. The van der Waals surface area contributed by atoms with E-state index in [2.05, 4.69) is 0 Å². The van der Waals surface area contributed by atoms with Gasteiger partial charge in [0.25, 0.3) is 0 Å². The summed E-state index contributed by atoms with van der Waals surface area (Å²) in [4.78, 5) is 41.9. The van der Waals surface area contributed by atoms with Crippen molar-refractivity contribution in [2.45, 2.75) is 58.8 Å². The molecule has 3 aromatic carbocycles. The molecule has 228 valence electrons. The van der Waals surface area contributed by atoms with Crippen LogP contribution in [-0.4, -0.2) is 27.8 Å². The lowest BCUT2D eigenvalue weighted by Crippen LogP contribution is -2.50. The maximum Gasteiger partial charge on any atom is 0.416 e. The molecule has 44 heavy (non-hydrogen) atoms. The van der Waals surface area contributed by atoms with Gasteiger partial charge in [-0.05, 0) is 73.2 Å². The molecule has 2 unspecified atom stereocenters. The van der Waals surface area contributed by atoms with Crippen molar-refractivity contribution < 1.29 is 32.7 Å². The van der Waals surface area contributed by atoms with Crippen LogP contribution in [0.2, 0.25) is 0 Å². The normalized spacial score (nSPS) is 16.2. The van der Waals surface area contributed by atoms with Crippen LogP contribution in [0.1, 0.15) is 73.9 Å². The van der Waals surface area contributed by atoms with Gasteiger partial charge in [-0.2, -0.15) is 18.4 Å². The van der Waals surface area contributed by atoms with Crippen LogP contribution in [0.25, 0.3) is 0 Å². The number of allylic oxidation sites excluding steroid dienone is 1. The Morgan fingerprint density at radius 1 is 1.02 bits per heavy atom. The van der Waals surface area contributed by atoms with Gasteiger partial charge in [0.05, 0.1) is 34.8 Å². The fourth-order valence-electron chi connectivity index (χ4n) is 5.58. The van der Waals surface area contributed by atoms with Crippen molar-refractivity contribution in [3.8, 4) is 6.07 Å². The molecule has 2 amide bonds. The maximum absolute atomic E-state index is 14.3. The van der Waals surface area contributed by atoms with Gasteiger partial charge in [-0.1, -0.05) is 56.3 Å². The molecule has 0 saturated heterocycles. The number of carboxylic acids is 1. The molecular formula is C34H32F3N3O4. The molecule has 10 heteroatoms. The Kier molecular flexibility index (Phi) is 9.28. The zero-order chi connectivity index (χ0) is 32.3. The van der Waals surface area contributed by atoms with E-state index in [4.69, 9.17) is 0 Å². The van der Waals surface area contributed by atoms with Gasteiger partial charge < -0.3 is 10.0 Å². The lowest BCUT2D eigenvalue weighted by Gasteiger charge is -2.43. The zero-order valence-corrected chi connectivity index (χ0v) is 24.7. The van der Waals surface area contributed by atoms with Crippen molar-refractivity contribution in [3.63, 3.8) is 0 Å². The number of benzene rings is 3. The summed E-state index contributed by atoms with van der Waals surface area (Å²) >= 11 is 0. The number of carboxylic acid groups (broad SMARTS) is 1. The fourth-order valence-corrected chi connectivity index (χ4v) is 5.58. The minimum absolute atomic E-state index is 0.0365. The summed E-state index contributed by atoms with van der Waals surface area (Å²) in [6.07, 6.45) is -4.20. The van der Waals surface area contributed by atoms with Crippen molar-refractivity contribution >= 4 is 23.5 Å². The van der Waals surface area contributed by atoms with Gasteiger partial charge in [0.15, 0.2) is 5.78 Å². The molecule has 1 N–H and O–H groups in total. The molecule has 0 bridgehead atoms. The van der Waals surface area contributed by atoms with Gasteiger partial charge in [-0.15, -0.1) is 0 Å². The van der Waals surface area contributed by atoms with Crippen LogP contribution in [-0.2, 0) is 22.3 Å². The number of Topliss-reactive ketones (excluding diaryl/α,β-unsaturated/α-hetero) is 1. The lowest BCUT2D eigenvalue weighted by molar-refractivity contribution is -0.139. The summed E-state index contributed by atoms with van der Waals surface area (Å²) < 4.78 is 40.8. The van der Waals surface area contributed by atoms with Crippen LogP contribution in [0.5, 0.6) is 0 Å². The highest BCUT2D eigenvalue weighted by Gasteiger charge is 2.42. The van der Waals surface area contributed by atoms with Crippen molar-refractivity contribution in [3.05, 3.63) is 112 Å². The van der Waals surface area contributed by atoms with Crippen molar-refractivity contribution in [2.75, 3.05) is 4.90 Å². The van der Waals surface area contributed by atoms with Gasteiger partial charge in [0.1, 0.15) is 0 Å². The number of carbonyl (C=O) groups excluding carboxylic acids is 2. The van der Waals surface area contributed by atoms with E-state index in [1.54, 1.807) is 48.5 Å². The Morgan fingerprint density at radius 2 is 1.66 bits per heavy atom. The fraction of sp³-hybridized carbons (Fsp3) is 0.294. The second kappa shape index (κ2) is 12.8. The maximum atomic E-state index is 14.3. The highest BCUT2D eigenvalue weighted by molar-refractivity contribution is 6.04. The predicted molar refractivity (Wildman–Crippen MR) is 158 cm³/mol. The Bertz CT molecular complexity index is 1640. The number of hydrogen-bond donors (Lipinski definition) is 1. The van der Waals surface area contributed by atoms with Crippen LogP contribution in [0.4, 0.5) is 23.7 Å². The lowest BCUT2D eigenvalue weighted by atomic mass is 9.89. The Balaban J connectivity index is 1.85. The third-order valence-electron chi connectivity index (χ3n) is 7.65. The number of amides is 2. The molecule has 2 atom stereocenters. The van der Waals surface area contributed by atoms with Crippen molar-refractivity contribution in [1.29, 1.82) is 5.26 Å². The van der Waals surface area contributed by atoms with E-state index < -0.39 is 35.7 Å². The average Bonchev–Trinajstić information content (AvgIpc) is 2.97. The Labute approximate surface area is 253 Å². The molecule has 0 spiro atoms. The van der Waals surface area contributed by atoms with E-state index in [-0.39, 0.29) is 35.2 Å². The number of halogens is 3. The van der Waals surface area contributed by atoms with Crippen LogP contribution >= 0.6 is 0 Å². The summed E-state index contributed by atoms with van der Waals surface area (Å²) in [5.74, 6) is -1.88. The molecule has 0 saturated carbocycles. The van der Waals surface area contributed by atoms with Crippen LogP contribution in [0.3, 0.4) is 0 Å². The average molecular weight is 604 g/mol. The Morgan fingerprint density at radius 3 is 2.18 bits per heavy atom. The number of urea groups is 1. The first-order chi connectivity index (χ1) is 20.7. The summed E-state index contributed by atoms with van der Waals surface area (Å²) in [5.41, 5.74) is 1.58. The third kappa shape index (κ3) is 6.67. The van der Waals surface area contributed by atoms with Crippen molar-refractivity contribution in [2.24, 2.45) is 5.92 Å². The SMILES string of the molecule is CC(=O)C1=C(C)N(c2cccc(C(F)(F)F)c2)C(=O)N(Cc2ccc(C(CC(C)C)C(=O)O)cc2)C1c1ccc(C#N)cc1.